The Balaban J connectivity index is 1.56. The lowest BCUT2D eigenvalue weighted by molar-refractivity contribution is 0.225. The first-order valence-electron chi connectivity index (χ1n) is 9.51. The second-order valence-electron chi connectivity index (χ2n) is 8.80. The number of hydrogen-bond donors (Lipinski definition) is 0. The Morgan fingerprint density at radius 1 is 1.19 bits per heavy atom. The molecule has 0 amide bonds. The second-order valence-corrected chi connectivity index (χ2v) is 8.80. The first-order valence-corrected chi connectivity index (χ1v) is 9.51. The molecule has 0 spiro atoms. The minimum absolute atomic E-state index is 0.130. The summed E-state index contributed by atoms with van der Waals surface area (Å²) in [5.41, 5.74) is 6.21. The van der Waals surface area contributed by atoms with Gasteiger partial charge in [0.15, 0.2) is 0 Å². The van der Waals surface area contributed by atoms with E-state index in [-0.39, 0.29) is 10.8 Å². The highest BCUT2D eigenvalue weighted by Gasteiger charge is 2.61. The maximum atomic E-state index is 5.63. The highest BCUT2D eigenvalue weighted by molar-refractivity contribution is 5.65. The summed E-state index contributed by atoms with van der Waals surface area (Å²) >= 11 is 0. The Bertz CT molecular complexity index is 1080. The largest absolute Gasteiger partial charge is 0.493 e. The van der Waals surface area contributed by atoms with E-state index in [1.807, 2.05) is 0 Å². The molecule has 5 nitrogen and oxygen atoms in total. The summed E-state index contributed by atoms with van der Waals surface area (Å²) in [7, 11) is 0. The van der Waals surface area contributed by atoms with Crippen LogP contribution in [0.4, 0.5) is 0 Å². The fourth-order valence-corrected chi connectivity index (χ4v) is 5.55. The number of nitrogens with zero attached hydrogens (tertiary/aromatic N) is 4. The number of imidazole rings is 1. The number of ether oxygens (including phenoxy) is 1. The zero-order valence-electron chi connectivity index (χ0n) is 15.4. The van der Waals surface area contributed by atoms with Crippen LogP contribution in [0.3, 0.4) is 0 Å². The van der Waals surface area contributed by atoms with E-state index in [1.54, 1.807) is 0 Å². The van der Waals surface area contributed by atoms with Gasteiger partial charge in [0.1, 0.15) is 5.75 Å². The van der Waals surface area contributed by atoms with Crippen molar-refractivity contribution in [2.75, 3.05) is 6.61 Å². The molecule has 1 fully saturated rings. The van der Waals surface area contributed by atoms with E-state index >= 15 is 0 Å². The fourth-order valence-electron chi connectivity index (χ4n) is 5.55. The second kappa shape index (κ2) is 4.45. The van der Waals surface area contributed by atoms with Crippen LogP contribution in [-0.4, -0.2) is 26.2 Å². The third-order valence-electron chi connectivity index (χ3n) is 7.48. The Hall–Kier alpha value is -2.43. The molecule has 132 valence electrons. The lowest BCUT2D eigenvalue weighted by Crippen LogP contribution is -2.32. The summed E-state index contributed by atoms with van der Waals surface area (Å²) < 4.78 is 7.84. The van der Waals surface area contributed by atoms with Gasteiger partial charge in [0.2, 0.25) is 0 Å². The maximum Gasteiger partial charge on any atom is 0.254 e. The summed E-state index contributed by atoms with van der Waals surface area (Å²) in [6, 6.07) is 6.36. The van der Waals surface area contributed by atoms with E-state index in [2.05, 4.69) is 59.8 Å². The molecule has 1 saturated carbocycles. The zero-order valence-corrected chi connectivity index (χ0v) is 15.4. The topological polar surface area (TPSA) is 52.3 Å². The van der Waals surface area contributed by atoms with Crippen molar-refractivity contribution in [2.45, 2.75) is 51.4 Å². The Morgan fingerprint density at radius 2 is 2.08 bits per heavy atom. The van der Waals surface area contributed by atoms with Crippen molar-refractivity contribution in [2.24, 2.45) is 5.41 Å². The number of benzene rings is 1. The molecule has 3 heterocycles. The quantitative estimate of drug-likeness (QED) is 0.670. The predicted octanol–water partition coefficient (Wildman–Crippen LogP) is 3.90. The van der Waals surface area contributed by atoms with Crippen LogP contribution in [-0.2, 0) is 11.8 Å². The summed E-state index contributed by atoms with van der Waals surface area (Å²) in [5, 5.41) is 9.09. The average Bonchev–Trinajstić information content (AvgIpc) is 3.34. The molecule has 2 aromatic heterocycles. The highest BCUT2D eigenvalue weighted by Crippen LogP contribution is 2.66. The van der Waals surface area contributed by atoms with Crippen molar-refractivity contribution in [3.05, 3.63) is 41.3 Å². The summed E-state index contributed by atoms with van der Waals surface area (Å²) in [5.74, 6) is 2.22. The zero-order chi connectivity index (χ0) is 17.7. The van der Waals surface area contributed by atoms with E-state index < -0.39 is 0 Å². The lowest BCUT2D eigenvalue weighted by Gasteiger charge is -2.34. The molecular formula is C21H22N4O. The van der Waals surface area contributed by atoms with Gasteiger partial charge in [-0.1, -0.05) is 20.8 Å². The van der Waals surface area contributed by atoms with Gasteiger partial charge in [-0.2, -0.15) is 0 Å². The standard InChI is InChI=1S/C21H22N4O/c1-20(2)14-6-8-21(20,3)18-17(14)23-24-19-22-15(11-25(18)19)12-4-5-16-13(10-12)7-9-26-16/h4-5,10-11,14H,6-9H2,1-3H3. The molecule has 2 aliphatic carbocycles. The van der Waals surface area contributed by atoms with Gasteiger partial charge in [-0.15, -0.1) is 10.2 Å². The molecule has 5 heteroatoms. The molecule has 0 N–H and O–H groups in total. The van der Waals surface area contributed by atoms with Gasteiger partial charge in [0.25, 0.3) is 5.78 Å². The van der Waals surface area contributed by atoms with Crippen LogP contribution in [0.2, 0.25) is 0 Å². The van der Waals surface area contributed by atoms with E-state index in [0.29, 0.717) is 11.7 Å². The van der Waals surface area contributed by atoms with Crippen molar-refractivity contribution in [3.8, 4) is 17.0 Å². The summed E-state index contributed by atoms with van der Waals surface area (Å²) in [6.07, 6.45) is 5.55. The van der Waals surface area contributed by atoms with E-state index in [9.17, 15) is 0 Å². The molecule has 0 radical (unpaired) electrons. The van der Waals surface area contributed by atoms with Gasteiger partial charge in [-0.05, 0) is 42.0 Å². The third kappa shape index (κ3) is 1.56. The number of hydrogen-bond acceptors (Lipinski definition) is 4. The molecule has 2 bridgehead atoms. The van der Waals surface area contributed by atoms with Gasteiger partial charge >= 0.3 is 0 Å². The monoisotopic (exact) mass is 346 g/mol. The molecule has 0 saturated heterocycles. The molecular weight excluding hydrogens is 324 g/mol. The molecule has 3 aliphatic rings. The minimum atomic E-state index is 0.130. The van der Waals surface area contributed by atoms with Crippen molar-refractivity contribution in [3.63, 3.8) is 0 Å². The van der Waals surface area contributed by atoms with Crippen LogP contribution in [0.1, 0.15) is 56.5 Å². The van der Waals surface area contributed by atoms with Crippen LogP contribution in [0.15, 0.2) is 24.4 Å². The van der Waals surface area contributed by atoms with Crippen molar-refractivity contribution in [1.29, 1.82) is 0 Å². The first-order chi connectivity index (χ1) is 12.5. The molecule has 3 aromatic rings. The van der Waals surface area contributed by atoms with Gasteiger partial charge < -0.3 is 4.74 Å². The molecule has 2 atom stereocenters. The maximum absolute atomic E-state index is 5.63. The molecule has 6 rings (SSSR count). The molecule has 26 heavy (non-hydrogen) atoms. The van der Waals surface area contributed by atoms with Gasteiger partial charge in [0, 0.05) is 29.5 Å². The molecule has 1 aromatic carbocycles. The summed E-state index contributed by atoms with van der Waals surface area (Å²) in [4.78, 5) is 4.80. The minimum Gasteiger partial charge on any atom is -0.493 e. The van der Waals surface area contributed by atoms with Gasteiger partial charge in [0.05, 0.1) is 23.7 Å². The van der Waals surface area contributed by atoms with E-state index in [1.165, 1.54) is 29.8 Å². The number of aromatic nitrogens is 4. The van der Waals surface area contributed by atoms with Crippen LogP contribution < -0.4 is 4.74 Å². The Labute approximate surface area is 152 Å². The van der Waals surface area contributed by atoms with Gasteiger partial charge in [-0.3, -0.25) is 4.40 Å². The van der Waals surface area contributed by atoms with Crippen molar-refractivity contribution < 1.29 is 4.74 Å². The Kier molecular flexibility index (Phi) is 2.52. The van der Waals surface area contributed by atoms with E-state index in [4.69, 9.17) is 9.72 Å². The molecule has 1 aliphatic heterocycles. The SMILES string of the molecule is CC12CCC(c3nnc4nc(-c5ccc6c(c5)CCO6)cn4c31)C2(C)C. The smallest absolute Gasteiger partial charge is 0.254 e. The van der Waals surface area contributed by atoms with Crippen molar-refractivity contribution in [1.82, 2.24) is 19.6 Å². The van der Waals surface area contributed by atoms with E-state index in [0.717, 1.165) is 30.0 Å². The summed E-state index contributed by atoms with van der Waals surface area (Å²) in [6.45, 7) is 7.94. The van der Waals surface area contributed by atoms with Crippen LogP contribution in [0.5, 0.6) is 5.75 Å². The van der Waals surface area contributed by atoms with Gasteiger partial charge in [-0.25, -0.2) is 4.98 Å². The average molecular weight is 346 g/mol. The third-order valence-corrected chi connectivity index (χ3v) is 7.48. The highest BCUT2D eigenvalue weighted by atomic mass is 16.5. The van der Waals surface area contributed by atoms with Crippen LogP contribution >= 0.6 is 0 Å². The fraction of sp³-hybridized carbons (Fsp3) is 0.476. The van der Waals surface area contributed by atoms with Crippen LogP contribution in [0.25, 0.3) is 17.0 Å². The Morgan fingerprint density at radius 3 is 2.96 bits per heavy atom. The normalized spacial score (nSPS) is 27.6. The van der Waals surface area contributed by atoms with Crippen LogP contribution in [0, 0.1) is 5.41 Å². The predicted molar refractivity (Wildman–Crippen MR) is 98.5 cm³/mol. The lowest BCUT2D eigenvalue weighted by atomic mass is 9.70. The van der Waals surface area contributed by atoms with Crippen molar-refractivity contribution >= 4 is 5.78 Å². The number of fused-ring (bicyclic) bond motifs is 8. The number of rotatable bonds is 1. The molecule has 2 unspecified atom stereocenters. The first kappa shape index (κ1) is 14.7.